The summed E-state index contributed by atoms with van der Waals surface area (Å²) >= 11 is 0. The van der Waals surface area contributed by atoms with Crippen molar-refractivity contribution in [1.29, 1.82) is 0 Å². The van der Waals surface area contributed by atoms with E-state index in [0.717, 1.165) is 0 Å². The summed E-state index contributed by atoms with van der Waals surface area (Å²) in [4.78, 5) is 20.5. The van der Waals surface area contributed by atoms with Crippen molar-refractivity contribution in [3.63, 3.8) is 0 Å². The Morgan fingerprint density at radius 3 is 1.22 bits per heavy atom. The van der Waals surface area contributed by atoms with Gasteiger partial charge in [-0.05, 0) is 13.8 Å². The number of hydrogen-bond acceptors (Lipinski definition) is 8. The van der Waals surface area contributed by atoms with Gasteiger partial charge >= 0.3 is 11.6 Å². The fourth-order valence-corrected chi connectivity index (χ4v) is 1.04. The Kier molecular flexibility index (Phi) is 4.69. The van der Waals surface area contributed by atoms with Crippen molar-refractivity contribution in [2.45, 2.75) is 27.1 Å². The molecular formula is C10H12O8. The van der Waals surface area contributed by atoms with E-state index in [1.807, 2.05) is 0 Å². The second-order valence-electron chi connectivity index (χ2n) is 3.18. The topological polar surface area (TPSA) is 127 Å². The fraction of sp³-hybridized carbons (Fsp3) is 0.400. The van der Waals surface area contributed by atoms with Crippen LogP contribution in [0.5, 0.6) is 0 Å². The van der Waals surface area contributed by atoms with Gasteiger partial charge in [-0.2, -0.15) is 0 Å². The van der Waals surface area contributed by atoms with Gasteiger partial charge in [-0.3, -0.25) is 0 Å². The lowest BCUT2D eigenvalue weighted by Crippen LogP contribution is -1.86. The van der Waals surface area contributed by atoms with Gasteiger partial charge in [0.05, 0.1) is 0 Å². The molecule has 100 valence electrons. The highest BCUT2D eigenvalue weighted by molar-refractivity contribution is 4.98. The number of aliphatic hydroxyl groups excluding tert-OH is 2. The minimum atomic E-state index is -0.767. The average Bonchev–Trinajstić information content (AvgIpc) is 2.81. The van der Waals surface area contributed by atoms with Crippen LogP contribution in [0.25, 0.3) is 0 Å². The molecule has 2 heterocycles. The molecule has 0 spiro atoms. The second kappa shape index (κ2) is 6.03. The monoisotopic (exact) mass is 260 g/mol. The lowest BCUT2D eigenvalue weighted by Gasteiger charge is -1.82. The van der Waals surface area contributed by atoms with Crippen LogP contribution in [-0.2, 0) is 13.2 Å². The standard InChI is InChI=1S/2C5H6O4/c2*1-3-4(2-6)9-5(7)8-3/h2*6H,2H2,1H3. The van der Waals surface area contributed by atoms with E-state index in [-0.39, 0.29) is 24.7 Å². The molecule has 2 rings (SSSR count). The zero-order valence-corrected chi connectivity index (χ0v) is 9.76. The van der Waals surface area contributed by atoms with Crippen LogP contribution in [0.15, 0.2) is 27.3 Å². The van der Waals surface area contributed by atoms with Crippen molar-refractivity contribution in [3.8, 4) is 0 Å². The molecule has 0 aromatic carbocycles. The molecule has 0 aliphatic carbocycles. The van der Waals surface area contributed by atoms with Crippen molar-refractivity contribution >= 4 is 0 Å². The van der Waals surface area contributed by atoms with E-state index in [9.17, 15) is 9.59 Å². The number of hydrogen-bond donors (Lipinski definition) is 2. The third kappa shape index (κ3) is 3.47. The maximum atomic E-state index is 10.2. The van der Waals surface area contributed by atoms with Gasteiger partial charge in [-0.15, -0.1) is 0 Å². The van der Waals surface area contributed by atoms with Crippen LogP contribution in [0, 0.1) is 13.8 Å². The van der Waals surface area contributed by atoms with E-state index >= 15 is 0 Å². The summed E-state index contributed by atoms with van der Waals surface area (Å²) in [7, 11) is 0. The highest BCUT2D eigenvalue weighted by Gasteiger charge is 2.05. The van der Waals surface area contributed by atoms with Gasteiger partial charge in [0.25, 0.3) is 0 Å². The summed E-state index contributed by atoms with van der Waals surface area (Å²) in [6.07, 6.45) is 0. The molecule has 0 bridgehead atoms. The summed E-state index contributed by atoms with van der Waals surface area (Å²) in [6, 6.07) is 0. The molecule has 0 aliphatic heterocycles. The Morgan fingerprint density at radius 2 is 1.11 bits per heavy atom. The minimum absolute atomic E-state index is 0.194. The molecule has 8 heteroatoms. The molecule has 2 N–H and O–H groups in total. The molecule has 0 amide bonds. The van der Waals surface area contributed by atoms with Crippen LogP contribution < -0.4 is 11.6 Å². The zero-order valence-electron chi connectivity index (χ0n) is 9.76. The average molecular weight is 260 g/mol. The summed E-state index contributed by atoms with van der Waals surface area (Å²) in [5.41, 5.74) is 0. The van der Waals surface area contributed by atoms with Crippen molar-refractivity contribution in [1.82, 2.24) is 0 Å². The Hall–Kier alpha value is -2.06. The van der Waals surface area contributed by atoms with Gasteiger partial charge in [-0.1, -0.05) is 0 Å². The molecule has 0 saturated heterocycles. The van der Waals surface area contributed by atoms with Crippen molar-refractivity contribution < 1.29 is 27.9 Å². The largest absolute Gasteiger partial charge is 0.519 e. The van der Waals surface area contributed by atoms with E-state index in [0.29, 0.717) is 11.5 Å². The normalized spacial score (nSPS) is 10.0. The van der Waals surface area contributed by atoms with Crippen LogP contribution >= 0.6 is 0 Å². The smallest absolute Gasteiger partial charge is 0.396 e. The van der Waals surface area contributed by atoms with Crippen LogP contribution in [0.2, 0.25) is 0 Å². The number of aryl methyl sites for hydroxylation is 2. The first-order chi connectivity index (χ1) is 8.47. The Bertz CT molecular complexity index is 542. The van der Waals surface area contributed by atoms with Crippen LogP contribution in [-0.4, -0.2) is 10.2 Å². The molecule has 0 aliphatic rings. The van der Waals surface area contributed by atoms with Crippen molar-refractivity contribution in [2.24, 2.45) is 0 Å². The molecular weight excluding hydrogens is 248 g/mol. The predicted octanol–water partition coefficient (Wildman–Crippen LogP) is 0.0670. The van der Waals surface area contributed by atoms with E-state index in [1.54, 1.807) is 13.8 Å². The zero-order chi connectivity index (χ0) is 13.7. The van der Waals surface area contributed by atoms with Crippen molar-refractivity contribution in [2.75, 3.05) is 0 Å². The van der Waals surface area contributed by atoms with Gasteiger partial charge in [0.1, 0.15) is 24.7 Å². The fourth-order valence-electron chi connectivity index (χ4n) is 1.04. The SMILES string of the molecule is Cc1oc(=O)oc1CO.Cc1oc(=O)oc1CO. The lowest BCUT2D eigenvalue weighted by atomic mass is 10.4. The Morgan fingerprint density at radius 1 is 0.778 bits per heavy atom. The van der Waals surface area contributed by atoms with Crippen LogP contribution in [0.1, 0.15) is 23.0 Å². The first-order valence-corrected chi connectivity index (χ1v) is 4.88. The first-order valence-electron chi connectivity index (χ1n) is 4.88. The van der Waals surface area contributed by atoms with Gasteiger partial charge < -0.3 is 27.9 Å². The molecule has 18 heavy (non-hydrogen) atoms. The maximum Gasteiger partial charge on any atom is 0.519 e. The molecule has 0 atom stereocenters. The quantitative estimate of drug-likeness (QED) is 0.776. The number of aliphatic hydroxyl groups is 2. The van der Waals surface area contributed by atoms with Gasteiger partial charge in [0.15, 0.2) is 11.5 Å². The van der Waals surface area contributed by atoms with Crippen molar-refractivity contribution in [3.05, 3.63) is 44.3 Å². The predicted molar refractivity (Wildman–Crippen MR) is 55.8 cm³/mol. The third-order valence-corrected chi connectivity index (χ3v) is 1.96. The molecule has 0 saturated carbocycles. The van der Waals surface area contributed by atoms with Crippen LogP contribution in [0.3, 0.4) is 0 Å². The van der Waals surface area contributed by atoms with E-state index < -0.39 is 11.6 Å². The van der Waals surface area contributed by atoms with Gasteiger partial charge in [0.2, 0.25) is 0 Å². The maximum absolute atomic E-state index is 10.2. The van der Waals surface area contributed by atoms with E-state index in [4.69, 9.17) is 10.2 Å². The molecule has 8 nitrogen and oxygen atoms in total. The molecule has 0 radical (unpaired) electrons. The Labute approximate surface area is 100 Å². The molecule has 0 unspecified atom stereocenters. The molecule has 0 fully saturated rings. The van der Waals surface area contributed by atoms with Gasteiger partial charge in [0, 0.05) is 0 Å². The summed E-state index contributed by atoms with van der Waals surface area (Å²) in [5.74, 6) is -0.474. The van der Waals surface area contributed by atoms with Crippen LogP contribution in [0.4, 0.5) is 0 Å². The molecule has 2 aromatic rings. The number of rotatable bonds is 2. The second-order valence-corrected chi connectivity index (χ2v) is 3.18. The summed E-state index contributed by atoms with van der Waals surface area (Å²) in [5, 5.41) is 16.9. The highest BCUT2D eigenvalue weighted by atomic mass is 16.6. The van der Waals surface area contributed by atoms with Gasteiger partial charge in [-0.25, -0.2) is 9.59 Å². The van der Waals surface area contributed by atoms with E-state index in [2.05, 4.69) is 17.7 Å². The summed E-state index contributed by atoms with van der Waals surface area (Å²) in [6.45, 7) is 2.52. The lowest BCUT2D eigenvalue weighted by molar-refractivity contribution is 0.240. The summed E-state index contributed by atoms with van der Waals surface area (Å²) < 4.78 is 17.6. The Balaban J connectivity index is 0.000000180. The minimum Gasteiger partial charge on any atom is -0.396 e. The first kappa shape index (κ1) is 14.0. The highest BCUT2D eigenvalue weighted by Crippen LogP contribution is 2.03. The van der Waals surface area contributed by atoms with E-state index in [1.165, 1.54) is 0 Å². The molecule has 2 aromatic heterocycles. The third-order valence-electron chi connectivity index (χ3n) is 1.96.